The number of hydrogen-bond donors (Lipinski definition) is 1. The first kappa shape index (κ1) is 20.6. The lowest BCUT2D eigenvalue weighted by molar-refractivity contribution is -0.384. The predicted molar refractivity (Wildman–Crippen MR) is 122 cm³/mol. The highest BCUT2D eigenvalue weighted by molar-refractivity contribution is 6.10. The summed E-state index contributed by atoms with van der Waals surface area (Å²) < 4.78 is 5.68. The van der Waals surface area contributed by atoms with Gasteiger partial charge in [0.15, 0.2) is 0 Å². The minimum Gasteiger partial charge on any atom is -0.456 e. The Morgan fingerprint density at radius 2 is 1.84 bits per heavy atom. The van der Waals surface area contributed by atoms with E-state index in [-0.39, 0.29) is 22.8 Å². The number of hydrogen-bond acceptors (Lipinski definition) is 5. The average molecular weight is 423 g/mol. The Labute approximate surface area is 183 Å². The van der Waals surface area contributed by atoms with Crippen LogP contribution in [0.2, 0.25) is 0 Å². The SMILES string of the molecule is Cc1ccc(-c2ccc(C=C(C#N)C(=O)Nc3ccc4ccccc4c3)o2)c([N+](=O)[O-])c1. The van der Waals surface area contributed by atoms with E-state index in [2.05, 4.69) is 5.32 Å². The molecule has 156 valence electrons. The van der Waals surface area contributed by atoms with Crippen molar-refractivity contribution in [3.8, 4) is 17.4 Å². The fourth-order valence-corrected chi connectivity index (χ4v) is 3.33. The third-order valence-corrected chi connectivity index (χ3v) is 4.90. The van der Waals surface area contributed by atoms with Crippen molar-refractivity contribution in [3.05, 3.63) is 99.8 Å². The number of nitrogens with one attached hydrogen (secondary N) is 1. The summed E-state index contributed by atoms with van der Waals surface area (Å²) in [6, 6.07) is 23.0. The lowest BCUT2D eigenvalue weighted by atomic mass is 10.1. The van der Waals surface area contributed by atoms with Crippen LogP contribution in [0, 0.1) is 28.4 Å². The van der Waals surface area contributed by atoms with Crippen molar-refractivity contribution in [2.24, 2.45) is 0 Å². The lowest BCUT2D eigenvalue weighted by Gasteiger charge is -2.06. The van der Waals surface area contributed by atoms with Gasteiger partial charge in [-0.2, -0.15) is 5.26 Å². The maximum Gasteiger partial charge on any atom is 0.280 e. The summed E-state index contributed by atoms with van der Waals surface area (Å²) >= 11 is 0. The Morgan fingerprint density at radius 1 is 1.06 bits per heavy atom. The van der Waals surface area contributed by atoms with Crippen molar-refractivity contribution >= 4 is 34.1 Å². The van der Waals surface area contributed by atoms with Crippen LogP contribution < -0.4 is 5.32 Å². The molecule has 0 saturated heterocycles. The van der Waals surface area contributed by atoms with Gasteiger partial charge in [-0.05, 0) is 53.6 Å². The molecule has 0 aliphatic carbocycles. The summed E-state index contributed by atoms with van der Waals surface area (Å²) in [5.74, 6) is -0.0719. The van der Waals surface area contributed by atoms with Gasteiger partial charge in [-0.1, -0.05) is 36.4 Å². The predicted octanol–water partition coefficient (Wildman–Crippen LogP) is 5.86. The standard InChI is InChI=1S/C25H17N3O4/c1-16-6-10-22(23(12-16)28(30)31)24-11-9-21(32-24)14-19(15-26)25(29)27-20-8-7-17-4-2-3-5-18(17)13-20/h2-14H,1H3,(H,27,29). The molecule has 1 aromatic heterocycles. The summed E-state index contributed by atoms with van der Waals surface area (Å²) in [5.41, 5.74) is 1.40. The zero-order chi connectivity index (χ0) is 22.7. The van der Waals surface area contributed by atoms with Crippen LogP contribution in [0.3, 0.4) is 0 Å². The third kappa shape index (κ3) is 4.25. The molecule has 0 atom stereocenters. The van der Waals surface area contributed by atoms with Gasteiger partial charge in [0.2, 0.25) is 0 Å². The van der Waals surface area contributed by atoms with Crippen LogP contribution >= 0.6 is 0 Å². The molecule has 1 amide bonds. The van der Waals surface area contributed by atoms with E-state index in [0.29, 0.717) is 11.3 Å². The number of nitrogens with zero attached hydrogens (tertiary/aromatic N) is 2. The van der Waals surface area contributed by atoms with Gasteiger partial charge < -0.3 is 9.73 Å². The monoisotopic (exact) mass is 423 g/mol. The molecule has 0 spiro atoms. The van der Waals surface area contributed by atoms with Crippen molar-refractivity contribution < 1.29 is 14.1 Å². The van der Waals surface area contributed by atoms with Gasteiger partial charge in [0, 0.05) is 17.8 Å². The van der Waals surface area contributed by atoms with E-state index in [1.165, 1.54) is 12.1 Å². The second-order valence-corrected chi connectivity index (χ2v) is 7.17. The van der Waals surface area contributed by atoms with Crippen LogP contribution in [0.15, 0.2) is 82.8 Å². The van der Waals surface area contributed by atoms with Crippen molar-refractivity contribution in [1.82, 2.24) is 0 Å². The van der Waals surface area contributed by atoms with Crippen molar-refractivity contribution in [2.45, 2.75) is 6.92 Å². The molecule has 0 aliphatic rings. The highest BCUT2D eigenvalue weighted by Gasteiger charge is 2.18. The fraction of sp³-hybridized carbons (Fsp3) is 0.0400. The van der Waals surface area contributed by atoms with Gasteiger partial charge in [-0.3, -0.25) is 14.9 Å². The molecule has 0 fully saturated rings. The number of carbonyl (C=O) groups excluding carboxylic acids is 1. The van der Waals surface area contributed by atoms with Crippen LogP contribution in [0.25, 0.3) is 28.2 Å². The summed E-state index contributed by atoms with van der Waals surface area (Å²) in [6.07, 6.45) is 1.31. The van der Waals surface area contributed by atoms with E-state index in [9.17, 15) is 20.2 Å². The number of fused-ring (bicyclic) bond motifs is 1. The smallest absolute Gasteiger partial charge is 0.280 e. The first-order valence-corrected chi connectivity index (χ1v) is 9.72. The van der Waals surface area contributed by atoms with Gasteiger partial charge >= 0.3 is 0 Å². The van der Waals surface area contributed by atoms with Crippen molar-refractivity contribution in [1.29, 1.82) is 5.26 Å². The van der Waals surface area contributed by atoms with E-state index >= 15 is 0 Å². The number of rotatable bonds is 5. The van der Waals surface area contributed by atoms with Gasteiger partial charge in [0.1, 0.15) is 23.2 Å². The molecule has 7 nitrogen and oxygen atoms in total. The van der Waals surface area contributed by atoms with Crippen molar-refractivity contribution in [2.75, 3.05) is 5.32 Å². The van der Waals surface area contributed by atoms with E-state index in [0.717, 1.165) is 16.3 Å². The van der Waals surface area contributed by atoms with Gasteiger partial charge in [0.25, 0.3) is 11.6 Å². The van der Waals surface area contributed by atoms with E-state index in [1.54, 1.807) is 37.3 Å². The summed E-state index contributed by atoms with van der Waals surface area (Å²) in [5, 5.41) is 25.6. The molecule has 1 N–H and O–H groups in total. The topological polar surface area (TPSA) is 109 Å². The molecule has 0 saturated carbocycles. The molecule has 1 heterocycles. The van der Waals surface area contributed by atoms with E-state index < -0.39 is 10.8 Å². The summed E-state index contributed by atoms with van der Waals surface area (Å²) in [7, 11) is 0. The number of anilines is 1. The van der Waals surface area contributed by atoms with Crippen LogP contribution in [0.4, 0.5) is 11.4 Å². The molecule has 3 aromatic carbocycles. The minimum absolute atomic E-state index is 0.0792. The number of nitro groups is 1. The average Bonchev–Trinajstić information content (AvgIpc) is 3.25. The van der Waals surface area contributed by atoms with Gasteiger partial charge in [-0.25, -0.2) is 0 Å². The first-order valence-electron chi connectivity index (χ1n) is 9.72. The largest absolute Gasteiger partial charge is 0.456 e. The first-order chi connectivity index (χ1) is 15.4. The molecule has 0 radical (unpaired) electrons. The number of carbonyl (C=O) groups is 1. The minimum atomic E-state index is -0.581. The number of furan rings is 1. The maximum absolute atomic E-state index is 12.6. The van der Waals surface area contributed by atoms with Crippen LogP contribution in [0.1, 0.15) is 11.3 Å². The molecule has 4 rings (SSSR count). The molecule has 7 heteroatoms. The van der Waals surface area contributed by atoms with Crippen molar-refractivity contribution in [3.63, 3.8) is 0 Å². The molecule has 0 unspecified atom stereocenters. The second kappa shape index (κ2) is 8.58. The Morgan fingerprint density at radius 3 is 2.59 bits per heavy atom. The number of amides is 1. The second-order valence-electron chi connectivity index (χ2n) is 7.17. The number of benzene rings is 3. The molecular weight excluding hydrogens is 406 g/mol. The van der Waals surface area contributed by atoms with Gasteiger partial charge in [0.05, 0.1) is 10.5 Å². The zero-order valence-electron chi connectivity index (χ0n) is 17.0. The Hall–Kier alpha value is -4.70. The number of aryl methyl sites for hydroxylation is 1. The molecule has 0 aliphatic heterocycles. The Bertz CT molecular complexity index is 1430. The number of nitriles is 1. The Balaban J connectivity index is 1.59. The zero-order valence-corrected chi connectivity index (χ0v) is 17.0. The van der Waals surface area contributed by atoms with Crippen LogP contribution in [0.5, 0.6) is 0 Å². The number of nitro benzene ring substituents is 1. The normalized spacial score (nSPS) is 11.2. The maximum atomic E-state index is 12.6. The molecule has 32 heavy (non-hydrogen) atoms. The van der Waals surface area contributed by atoms with Crippen LogP contribution in [-0.4, -0.2) is 10.8 Å². The third-order valence-electron chi connectivity index (χ3n) is 4.90. The van der Waals surface area contributed by atoms with E-state index in [1.807, 2.05) is 42.5 Å². The van der Waals surface area contributed by atoms with Gasteiger partial charge in [-0.15, -0.1) is 0 Å². The van der Waals surface area contributed by atoms with E-state index in [4.69, 9.17) is 4.42 Å². The highest BCUT2D eigenvalue weighted by Crippen LogP contribution is 2.32. The molecule has 0 bridgehead atoms. The highest BCUT2D eigenvalue weighted by atomic mass is 16.6. The fourth-order valence-electron chi connectivity index (χ4n) is 3.33. The Kier molecular flexibility index (Phi) is 5.51. The lowest BCUT2D eigenvalue weighted by Crippen LogP contribution is -2.13. The quantitative estimate of drug-likeness (QED) is 0.187. The molecular formula is C25H17N3O4. The summed E-state index contributed by atoms with van der Waals surface area (Å²) in [6.45, 7) is 1.76. The molecule has 4 aromatic rings. The van der Waals surface area contributed by atoms with Crippen LogP contribution in [-0.2, 0) is 4.79 Å². The summed E-state index contributed by atoms with van der Waals surface area (Å²) in [4.78, 5) is 23.5.